The number of halogens is 1. The molecule has 12 heteroatoms. The van der Waals surface area contributed by atoms with E-state index in [2.05, 4.69) is 16.6 Å². The number of methoxy groups -OCH3 is 2. The number of carbonyl (C=O) groups is 4. The molecule has 0 aliphatic heterocycles. The van der Waals surface area contributed by atoms with Crippen LogP contribution in [0.15, 0.2) is 91.0 Å². The standard InChI is InChI=1S/C36H37N5O6.ClH/c1-4-19-38-21-34(44)41(29-14-9-25-7-5-6-8-28(25)20-29)24-35(45)40(22-32(37)42)23-33(43)39-36(26-10-15-30(46-2)16-11-26)27-12-17-31(47-3)18-13-27;/h1,5-18,20,36,38H,19,21-24H2,2-3H3,(H2,37,42)(H,39,43);1H. The lowest BCUT2D eigenvalue weighted by Crippen LogP contribution is -2.50. The maximum Gasteiger partial charge on any atom is 0.243 e. The molecule has 0 aromatic heterocycles. The molecule has 0 saturated heterocycles. The van der Waals surface area contributed by atoms with Gasteiger partial charge in [0.15, 0.2) is 0 Å². The molecular weight excluding hydrogens is 634 g/mol. The molecule has 0 spiro atoms. The van der Waals surface area contributed by atoms with Gasteiger partial charge in [0.05, 0.1) is 39.9 Å². The molecule has 0 aliphatic carbocycles. The van der Waals surface area contributed by atoms with E-state index >= 15 is 0 Å². The Hall–Kier alpha value is -5.57. The summed E-state index contributed by atoms with van der Waals surface area (Å²) in [6.45, 7) is -1.44. The number of hydrogen-bond donors (Lipinski definition) is 3. The maximum atomic E-state index is 13.7. The molecule has 4 rings (SSSR count). The van der Waals surface area contributed by atoms with Gasteiger partial charge in [-0.2, -0.15) is 0 Å². The molecule has 250 valence electrons. The molecule has 0 heterocycles. The van der Waals surface area contributed by atoms with E-state index in [9.17, 15) is 19.2 Å². The lowest BCUT2D eigenvalue weighted by atomic mass is 9.98. The second-order valence-electron chi connectivity index (χ2n) is 10.6. The van der Waals surface area contributed by atoms with Crippen molar-refractivity contribution in [1.29, 1.82) is 0 Å². The van der Waals surface area contributed by atoms with Crippen molar-refractivity contribution < 1.29 is 28.7 Å². The van der Waals surface area contributed by atoms with Crippen LogP contribution < -0.4 is 30.7 Å². The first-order valence-corrected chi connectivity index (χ1v) is 14.8. The zero-order valence-electron chi connectivity index (χ0n) is 26.7. The van der Waals surface area contributed by atoms with E-state index in [1.165, 1.54) is 4.90 Å². The summed E-state index contributed by atoms with van der Waals surface area (Å²) in [6.07, 6.45) is 5.32. The highest BCUT2D eigenvalue weighted by Crippen LogP contribution is 2.26. The van der Waals surface area contributed by atoms with Gasteiger partial charge in [0.25, 0.3) is 0 Å². The minimum atomic E-state index is -0.813. The van der Waals surface area contributed by atoms with Gasteiger partial charge >= 0.3 is 0 Å². The lowest BCUT2D eigenvalue weighted by molar-refractivity contribution is -0.138. The normalized spacial score (nSPS) is 10.4. The van der Waals surface area contributed by atoms with Crippen LogP contribution >= 0.6 is 12.4 Å². The van der Waals surface area contributed by atoms with E-state index in [0.29, 0.717) is 17.2 Å². The van der Waals surface area contributed by atoms with Gasteiger partial charge in [0.1, 0.15) is 24.6 Å². The summed E-state index contributed by atoms with van der Waals surface area (Å²) in [6, 6.07) is 26.7. The van der Waals surface area contributed by atoms with E-state index in [-0.39, 0.29) is 25.5 Å². The zero-order valence-corrected chi connectivity index (χ0v) is 27.5. The molecule has 4 aromatic rings. The van der Waals surface area contributed by atoms with Crippen molar-refractivity contribution in [3.05, 3.63) is 102 Å². The van der Waals surface area contributed by atoms with Crippen LogP contribution in [0.1, 0.15) is 17.2 Å². The number of benzene rings is 4. The molecule has 4 aromatic carbocycles. The Balaban J connectivity index is 0.00000625. The maximum absolute atomic E-state index is 13.7. The fourth-order valence-electron chi connectivity index (χ4n) is 4.99. The summed E-state index contributed by atoms with van der Waals surface area (Å²) < 4.78 is 10.6. The summed E-state index contributed by atoms with van der Waals surface area (Å²) in [5.41, 5.74) is 7.47. The minimum Gasteiger partial charge on any atom is -0.497 e. The number of terminal acetylenes is 1. The quantitative estimate of drug-likeness (QED) is 0.130. The van der Waals surface area contributed by atoms with Crippen molar-refractivity contribution in [3.63, 3.8) is 0 Å². The third-order valence-electron chi connectivity index (χ3n) is 7.38. The molecular formula is C36H38ClN5O6. The van der Waals surface area contributed by atoms with E-state index in [1.54, 1.807) is 50.6 Å². The number of anilines is 1. The topological polar surface area (TPSA) is 143 Å². The third kappa shape index (κ3) is 9.96. The molecule has 48 heavy (non-hydrogen) atoms. The summed E-state index contributed by atoms with van der Waals surface area (Å²) in [4.78, 5) is 55.0. The number of ether oxygens (including phenoxy) is 2. The van der Waals surface area contributed by atoms with Crippen molar-refractivity contribution in [2.45, 2.75) is 6.04 Å². The number of nitrogens with two attached hydrogens (primary N) is 1. The lowest BCUT2D eigenvalue weighted by Gasteiger charge is -2.28. The number of nitrogens with one attached hydrogen (secondary N) is 2. The van der Waals surface area contributed by atoms with Gasteiger partial charge in [-0.15, -0.1) is 18.8 Å². The highest BCUT2D eigenvalue weighted by atomic mass is 35.5. The smallest absolute Gasteiger partial charge is 0.243 e. The predicted octanol–water partition coefficient (Wildman–Crippen LogP) is 3.05. The average Bonchev–Trinajstić information content (AvgIpc) is 3.09. The Kier molecular flexibility index (Phi) is 13.8. The van der Waals surface area contributed by atoms with Gasteiger partial charge in [0, 0.05) is 5.69 Å². The van der Waals surface area contributed by atoms with Gasteiger partial charge in [0.2, 0.25) is 23.6 Å². The van der Waals surface area contributed by atoms with Crippen LogP contribution in [0.5, 0.6) is 11.5 Å². The first kappa shape index (κ1) is 36.9. The second kappa shape index (κ2) is 17.9. The average molecular weight is 672 g/mol. The van der Waals surface area contributed by atoms with Gasteiger partial charge in [-0.3, -0.25) is 24.5 Å². The van der Waals surface area contributed by atoms with Gasteiger partial charge in [-0.1, -0.05) is 60.5 Å². The largest absolute Gasteiger partial charge is 0.497 e. The van der Waals surface area contributed by atoms with E-state index in [4.69, 9.17) is 21.6 Å². The second-order valence-corrected chi connectivity index (χ2v) is 10.6. The SMILES string of the molecule is C#CCNCC(=O)N(CC(=O)N(CC(N)=O)CC(=O)NC(c1ccc(OC)cc1)c1ccc(OC)cc1)c1ccc2ccccc2c1.Cl. The number of amides is 4. The molecule has 11 nitrogen and oxygen atoms in total. The Morgan fingerprint density at radius 1 is 0.792 bits per heavy atom. The highest BCUT2D eigenvalue weighted by molar-refractivity contribution is 6.02. The van der Waals surface area contributed by atoms with Gasteiger partial charge in [-0.25, -0.2) is 0 Å². The van der Waals surface area contributed by atoms with Crippen LogP contribution in [-0.4, -0.2) is 75.5 Å². The van der Waals surface area contributed by atoms with Crippen LogP contribution in [0.4, 0.5) is 5.69 Å². The van der Waals surface area contributed by atoms with E-state index < -0.39 is 49.3 Å². The van der Waals surface area contributed by atoms with Crippen molar-refractivity contribution in [2.24, 2.45) is 5.73 Å². The van der Waals surface area contributed by atoms with Gasteiger partial charge in [-0.05, 0) is 58.3 Å². The zero-order chi connectivity index (χ0) is 33.8. The minimum absolute atomic E-state index is 0. The highest BCUT2D eigenvalue weighted by Gasteiger charge is 2.27. The van der Waals surface area contributed by atoms with Crippen LogP contribution in [0.2, 0.25) is 0 Å². The van der Waals surface area contributed by atoms with Crippen molar-refractivity contribution in [1.82, 2.24) is 15.5 Å². The number of fused-ring (bicyclic) bond motifs is 1. The fourth-order valence-corrected chi connectivity index (χ4v) is 4.99. The number of rotatable bonds is 15. The third-order valence-corrected chi connectivity index (χ3v) is 7.38. The molecule has 0 saturated carbocycles. The molecule has 0 bridgehead atoms. The Labute approximate surface area is 285 Å². The molecule has 0 fully saturated rings. The van der Waals surface area contributed by atoms with Crippen LogP contribution in [0, 0.1) is 12.3 Å². The number of carbonyl (C=O) groups excluding carboxylic acids is 4. The molecule has 0 unspecified atom stereocenters. The first-order chi connectivity index (χ1) is 22.7. The number of nitrogens with zero attached hydrogens (tertiary/aromatic N) is 2. The van der Waals surface area contributed by atoms with Crippen molar-refractivity contribution in [2.75, 3.05) is 51.8 Å². The summed E-state index contributed by atoms with van der Waals surface area (Å²) in [5.74, 6) is 1.27. The first-order valence-electron chi connectivity index (χ1n) is 14.8. The predicted molar refractivity (Wildman–Crippen MR) is 187 cm³/mol. The van der Waals surface area contributed by atoms with Crippen LogP contribution in [-0.2, 0) is 19.2 Å². The number of primary amides is 1. The van der Waals surface area contributed by atoms with E-state index in [0.717, 1.165) is 26.8 Å². The monoisotopic (exact) mass is 671 g/mol. The van der Waals surface area contributed by atoms with Crippen molar-refractivity contribution in [3.8, 4) is 23.8 Å². The summed E-state index contributed by atoms with van der Waals surface area (Å²) in [7, 11) is 3.12. The summed E-state index contributed by atoms with van der Waals surface area (Å²) in [5, 5.41) is 7.64. The van der Waals surface area contributed by atoms with E-state index in [1.807, 2.05) is 54.6 Å². The molecule has 0 atom stereocenters. The Morgan fingerprint density at radius 3 is 1.92 bits per heavy atom. The van der Waals surface area contributed by atoms with Gasteiger partial charge < -0.3 is 30.3 Å². The fraction of sp³-hybridized carbons (Fsp3) is 0.222. The van der Waals surface area contributed by atoms with Crippen LogP contribution in [0.3, 0.4) is 0 Å². The molecule has 4 amide bonds. The van der Waals surface area contributed by atoms with Crippen molar-refractivity contribution >= 4 is 52.5 Å². The molecule has 0 aliphatic rings. The Morgan fingerprint density at radius 2 is 1.38 bits per heavy atom. The Bertz CT molecular complexity index is 1710. The summed E-state index contributed by atoms with van der Waals surface area (Å²) >= 11 is 0. The molecule has 4 N–H and O–H groups in total. The molecule has 0 radical (unpaired) electrons. The number of hydrogen-bond acceptors (Lipinski definition) is 7. The van der Waals surface area contributed by atoms with Crippen LogP contribution in [0.25, 0.3) is 10.8 Å².